The average Bonchev–Trinajstić information content (AvgIpc) is 3.46. The Morgan fingerprint density at radius 1 is 1.18 bits per heavy atom. The first kappa shape index (κ1) is 22.7. The lowest BCUT2D eigenvalue weighted by Gasteiger charge is -2.27. The third kappa shape index (κ3) is 4.13. The maximum atomic E-state index is 14.0. The Balaban J connectivity index is 1.56. The largest absolute Gasteiger partial charge is 0.396 e. The minimum absolute atomic E-state index is 0.0136. The normalized spacial score (nSPS) is 21.5. The lowest BCUT2D eigenvalue weighted by Crippen LogP contribution is -2.35. The molecule has 1 saturated heterocycles. The van der Waals surface area contributed by atoms with Crippen LogP contribution in [0.3, 0.4) is 0 Å². The monoisotopic (exact) mass is 474 g/mol. The van der Waals surface area contributed by atoms with Gasteiger partial charge < -0.3 is 15.7 Å². The molecule has 3 aromatic heterocycles. The van der Waals surface area contributed by atoms with E-state index in [4.69, 9.17) is 5.73 Å². The van der Waals surface area contributed by atoms with Gasteiger partial charge in [-0.05, 0) is 55.8 Å². The molecule has 0 radical (unpaired) electrons. The highest BCUT2D eigenvalue weighted by molar-refractivity contribution is 5.97. The van der Waals surface area contributed by atoms with Crippen LogP contribution in [0.1, 0.15) is 73.5 Å². The van der Waals surface area contributed by atoms with E-state index in [9.17, 15) is 18.7 Å². The van der Waals surface area contributed by atoms with Crippen LogP contribution in [-0.2, 0) is 0 Å². The van der Waals surface area contributed by atoms with Crippen LogP contribution < -0.4 is 15.1 Å². The summed E-state index contributed by atoms with van der Waals surface area (Å²) in [5.41, 5.74) is 5.96. The Morgan fingerprint density at radius 2 is 1.91 bits per heavy atom. The molecule has 2 fully saturated rings. The molecule has 0 atom stereocenters. The van der Waals surface area contributed by atoms with Gasteiger partial charge >= 0.3 is 5.65 Å². The highest BCUT2D eigenvalue weighted by atomic mass is 19.3. The summed E-state index contributed by atoms with van der Waals surface area (Å²) in [5.74, 6) is 0.321. The second-order valence-corrected chi connectivity index (χ2v) is 9.29. The van der Waals surface area contributed by atoms with Crippen LogP contribution in [0.2, 0.25) is 0 Å². The number of aliphatic hydroxyl groups is 1. The Kier molecular flexibility index (Phi) is 6.20. The van der Waals surface area contributed by atoms with Crippen LogP contribution in [0.15, 0.2) is 24.7 Å². The summed E-state index contributed by atoms with van der Waals surface area (Å²) < 4.78 is 32.7. The maximum Gasteiger partial charge on any atom is 0.363 e. The summed E-state index contributed by atoms with van der Waals surface area (Å²) in [6.07, 6.45) is 8.54. The highest BCUT2D eigenvalue weighted by Crippen LogP contribution is 2.34. The van der Waals surface area contributed by atoms with E-state index in [1.807, 2.05) is 6.07 Å². The third-order valence-electron chi connectivity index (χ3n) is 7.11. The highest BCUT2D eigenvalue weighted by Gasteiger charge is 2.31. The number of hydrogen-bond donors (Lipinski definition) is 2. The lowest BCUT2D eigenvalue weighted by atomic mass is 9.87. The molecule has 1 aliphatic heterocycles. The quantitative estimate of drug-likeness (QED) is 0.534. The van der Waals surface area contributed by atoms with E-state index in [1.165, 1.54) is 17.3 Å². The van der Waals surface area contributed by atoms with Gasteiger partial charge in [0.2, 0.25) is 5.82 Å². The molecule has 0 spiro atoms. The number of halogens is 2. The molecule has 2 aliphatic rings. The molecule has 1 aliphatic carbocycles. The van der Waals surface area contributed by atoms with Gasteiger partial charge in [-0.1, -0.05) is 0 Å². The van der Waals surface area contributed by atoms with Crippen molar-refractivity contribution in [3.05, 3.63) is 35.9 Å². The number of aromatic nitrogens is 5. The molecule has 3 N–H and O–H groups in total. The van der Waals surface area contributed by atoms with E-state index < -0.39 is 12.3 Å². The first-order valence-electron chi connectivity index (χ1n) is 11.9. The minimum Gasteiger partial charge on any atom is -0.396 e. The van der Waals surface area contributed by atoms with E-state index in [0.717, 1.165) is 57.4 Å². The zero-order valence-corrected chi connectivity index (χ0v) is 19.0. The number of fused-ring (bicyclic) bond motifs is 1. The number of alkyl halides is 2. The number of hydrogen-bond acceptors (Lipinski definition) is 5. The summed E-state index contributed by atoms with van der Waals surface area (Å²) in [5, 5.41) is 13.6. The van der Waals surface area contributed by atoms with Gasteiger partial charge in [0.25, 0.3) is 12.3 Å². The van der Waals surface area contributed by atoms with Gasteiger partial charge in [0.15, 0.2) is 11.3 Å². The first-order chi connectivity index (χ1) is 16.5. The number of nitrogens with zero attached hydrogens (tertiary/aromatic N) is 6. The Labute approximate surface area is 195 Å². The van der Waals surface area contributed by atoms with E-state index in [-0.39, 0.29) is 35.5 Å². The van der Waals surface area contributed by atoms with Crippen molar-refractivity contribution in [2.45, 2.75) is 57.4 Å². The number of anilines is 1. The Morgan fingerprint density at radius 3 is 2.56 bits per heavy atom. The third-order valence-corrected chi connectivity index (χ3v) is 7.11. The number of rotatable bonds is 6. The van der Waals surface area contributed by atoms with Gasteiger partial charge in [0.05, 0.1) is 18.4 Å². The van der Waals surface area contributed by atoms with Crippen molar-refractivity contribution in [3.8, 4) is 5.69 Å². The maximum absolute atomic E-state index is 14.0. The minimum atomic E-state index is -2.79. The van der Waals surface area contributed by atoms with E-state index >= 15 is 0 Å². The summed E-state index contributed by atoms with van der Waals surface area (Å²) in [6, 6.07) is 1.82. The fraction of sp³-hybridized carbons (Fsp3) is 0.565. The molecule has 1 saturated carbocycles. The smallest absolute Gasteiger partial charge is 0.363 e. The van der Waals surface area contributed by atoms with Gasteiger partial charge in [-0.25, -0.2) is 8.78 Å². The van der Waals surface area contributed by atoms with Crippen molar-refractivity contribution in [2.75, 3.05) is 24.6 Å². The molecule has 11 heteroatoms. The molecule has 34 heavy (non-hydrogen) atoms. The topological polar surface area (TPSA) is 106 Å². The summed E-state index contributed by atoms with van der Waals surface area (Å²) in [4.78, 5) is 19.1. The molecule has 0 unspecified atom stereocenters. The van der Waals surface area contributed by atoms with Crippen LogP contribution in [-0.4, -0.2) is 50.2 Å². The van der Waals surface area contributed by atoms with Crippen molar-refractivity contribution >= 4 is 17.4 Å². The van der Waals surface area contributed by atoms with Gasteiger partial charge in [0.1, 0.15) is 11.9 Å². The standard InChI is InChI=1S/C23H29F2N7O2/c24-21(25)20-18(13-30(28-20)16-6-4-15(14-33)5-7-16)32-12-17(22(26)34)23-27-19(8-11-31(23)32)29-9-2-1-3-10-29/h8,11-13,15-16,21,33H,1-7,9-10,14H2,(H-,26,34)/p+1. The number of nitrogens with two attached hydrogens (primary N) is 1. The van der Waals surface area contributed by atoms with E-state index in [2.05, 4.69) is 15.0 Å². The number of piperidine rings is 1. The predicted octanol–water partition coefficient (Wildman–Crippen LogP) is 2.56. The molecule has 9 nitrogen and oxygen atoms in total. The van der Waals surface area contributed by atoms with Crippen LogP contribution in [0.4, 0.5) is 14.6 Å². The number of amides is 1. The van der Waals surface area contributed by atoms with Crippen LogP contribution >= 0.6 is 0 Å². The molecular weight excluding hydrogens is 444 g/mol. The van der Waals surface area contributed by atoms with E-state index in [1.54, 1.807) is 21.6 Å². The fourth-order valence-corrected chi connectivity index (χ4v) is 5.17. The van der Waals surface area contributed by atoms with Crippen molar-refractivity contribution in [1.29, 1.82) is 0 Å². The lowest BCUT2D eigenvalue weighted by molar-refractivity contribution is -0.600. The van der Waals surface area contributed by atoms with Gasteiger partial charge in [-0.2, -0.15) is 9.78 Å². The molecule has 1 amide bonds. The molecule has 4 heterocycles. The second kappa shape index (κ2) is 9.28. The van der Waals surface area contributed by atoms with Gasteiger partial charge in [-0.3, -0.25) is 9.48 Å². The van der Waals surface area contributed by atoms with Crippen molar-refractivity contribution in [1.82, 2.24) is 19.4 Å². The Hall–Kier alpha value is -3.08. The van der Waals surface area contributed by atoms with Crippen LogP contribution in [0.25, 0.3) is 11.3 Å². The molecule has 0 bridgehead atoms. The summed E-state index contributed by atoms with van der Waals surface area (Å²) in [7, 11) is 0. The number of carbonyl (C=O) groups excluding carboxylic acids is 1. The van der Waals surface area contributed by atoms with Crippen molar-refractivity contribution in [3.63, 3.8) is 0 Å². The van der Waals surface area contributed by atoms with Crippen molar-refractivity contribution < 1.29 is 23.2 Å². The average molecular weight is 475 g/mol. The Bertz CT molecular complexity index is 1180. The summed E-state index contributed by atoms with van der Waals surface area (Å²) >= 11 is 0. The fourth-order valence-electron chi connectivity index (χ4n) is 5.17. The summed E-state index contributed by atoms with van der Waals surface area (Å²) in [6.45, 7) is 1.92. The molecule has 182 valence electrons. The van der Waals surface area contributed by atoms with Gasteiger partial charge in [0, 0.05) is 25.8 Å². The molecular formula is C23H30F2N7O2+. The zero-order valence-electron chi connectivity index (χ0n) is 19.0. The van der Waals surface area contributed by atoms with Crippen LogP contribution in [0.5, 0.6) is 0 Å². The van der Waals surface area contributed by atoms with Gasteiger partial charge in [-0.15, -0.1) is 4.52 Å². The molecule has 0 aromatic carbocycles. The van der Waals surface area contributed by atoms with Crippen LogP contribution in [0, 0.1) is 5.92 Å². The van der Waals surface area contributed by atoms with Crippen molar-refractivity contribution in [2.24, 2.45) is 11.7 Å². The SMILES string of the molecule is NC(=O)c1cn(-c2cn(C3CCC(CO)CC3)nc2C(F)F)[n+]2ccc(N3CCCCC3)nc12. The number of aliphatic hydroxyl groups excluding tert-OH is 1. The first-order valence-corrected chi connectivity index (χ1v) is 11.9. The number of carbonyl (C=O) groups is 1. The number of primary amides is 1. The van der Waals surface area contributed by atoms with E-state index in [0.29, 0.717) is 5.65 Å². The predicted molar refractivity (Wildman–Crippen MR) is 120 cm³/mol. The second-order valence-electron chi connectivity index (χ2n) is 9.29. The molecule has 5 rings (SSSR count). The molecule has 3 aromatic rings. The zero-order chi connectivity index (χ0) is 23.8.